The van der Waals surface area contributed by atoms with Gasteiger partial charge in [0.2, 0.25) is 5.75 Å². The predicted molar refractivity (Wildman–Crippen MR) is 218 cm³/mol. The van der Waals surface area contributed by atoms with E-state index in [1.165, 1.54) is 17.2 Å². The molecule has 10 rings (SSSR count). The number of phenolic OH excluding ortho intramolecular Hbond substituents is 4. The molecule has 1 saturated carbocycles. The molecule has 10 nitrogen and oxygen atoms in total. The van der Waals surface area contributed by atoms with E-state index in [1.54, 1.807) is 36.4 Å². The summed E-state index contributed by atoms with van der Waals surface area (Å²) in [5.74, 6) is -1.14. The molecule has 0 aliphatic heterocycles. The Hall–Kier alpha value is -5.71. The van der Waals surface area contributed by atoms with Crippen LogP contribution in [0.5, 0.6) is 34.5 Å². The molecule has 0 amide bonds. The zero-order chi connectivity index (χ0) is 40.1. The van der Waals surface area contributed by atoms with Crippen LogP contribution in [0.15, 0.2) is 97.2 Å². The summed E-state index contributed by atoms with van der Waals surface area (Å²) < 4.78 is 11.7. The third-order valence-corrected chi connectivity index (χ3v) is 13.5. The van der Waals surface area contributed by atoms with Crippen LogP contribution in [0.2, 0.25) is 0 Å². The van der Waals surface area contributed by atoms with Crippen molar-refractivity contribution in [1.29, 1.82) is 0 Å². The Bertz CT molecular complexity index is 2390. The lowest BCUT2D eigenvalue weighted by atomic mass is 9.46. The second-order valence-electron chi connectivity index (χ2n) is 16.5. The number of hydrogen-bond donors (Lipinski definition) is 6. The van der Waals surface area contributed by atoms with Crippen molar-refractivity contribution in [3.05, 3.63) is 131 Å². The van der Waals surface area contributed by atoms with Crippen molar-refractivity contribution in [2.24, 2.45) is 17.6 Å². The van der Waals surface area contributed by atoms with Crippen LogP contribution in [0.3, 0.4) is 0 Å². The molecule has 300 valence electrons. The van der Waals surface area contributed by atoms with Gasteiger partial charge in [-0.1, -0.05) is 79.1 Å². The number of aromatic nitrogens is 1. The van der Waals surface area contributed by atoms with Crippen LogP contribution < -0.4 is 20.2 Å². The predicted octanol–water partition coefficient (Wildman–Crippen LogP) is 7.94. The monoisotopic (exact) mass is 781 g/mol. The fourth-order valence-electron chi connectivity index (χ4n) is 11.2. The highest BCUT2D eigenvalue weighted by molar-refractivity contribution is 5.79. The minimum Gasteiger partial charge on any atom is -0.663 e. The molecule has 2 bridgehead atoms. The lowest BCUT2D eigenvalue weighted by Crippen LogP contribution is -2.50. The third-order valence-electron chi connectivity index (χ3n) is 13.5. The zero-order valence-electron chi connectivity index (χ0n) is 32.3. The molecule has 58 heavy (non-hydrogen) atoms. The smallest absolute Gasteiger partial charge is 0.200 e. The first kappa shape index (κ1) is 37.8. The summed E-state index contributed by atoms with van der Waals surface area (Å²) in [6, 6.07) is 24.2. The molecule has 5 aliphatic carbocycles. The van der Waals surface area contributed by atoms with E-state index in [-0.39, 0.29) is 95.5 Å². The number of rotatable bonds is 12. The zero-order valence-corrected chi connectivity index (χ0v) is 32.3. The van der Waals surface area contributed by atoms with Gasteiger partial charge in [0.05, 0.1) is 6.10 Å². The number of carbonyl (C=O) groups excluding carboxylic acids is 1. The van der Waals surface area contributed by atoms with Gasteiger partial charge >= 0.3 is 0 Å². The van der Waals surface area contributed by atoms with Gasteiger partial charge < -0.3 is 40.0 Å². The normalized spacial score (nSPS) is 24.5. The molecule has 5 aromatic rings. The van der Waals surface area contributed by atoms with Crippen molar-refractivity contribution in [1.82, 2.24) is 4.98 Å². The van der Waals surface area contributed by atoms with E-state index < -0.39 is 12.0 Å². The van der Waals surface area contributed by atoms with E-state index in [0.29, 0.717) is 18.4 Å². The summed E-state index contributed by atoms with van der Waals surface area (Å²) in [5, 5.41) is 55.6. The van der Waals surface area contributed by atoms with E-state index in [0.717, 1.165) is 53.6 Å². The summed E-state index contributed by atoms with van der Waals surface area (Å²) in [5.41, 5.74) is 13.0. The van der Waals surface area contributed by atoms with Gasteiger partial charge in [-0.2, -0.15) is 6.20 Å². The Morgan fingerprint density at radius 1 is 0.897 bits per heavy atom. The highest BCUT2D eigenvalue weighted by Gasteiger charge is 2.58. The summed E-state index contributed by atoms with van der Waals surface area (Å²) in [6.07, 6.45) is 10.4. The number of nitrogens with zero attached hydrogens (tertiary/aromatic N) is 1. The molecule has 1 aromatic heterocycles. The van der Waals surface area contributed by atoms with Gasteiger partial charge in [-0.15, -0.1) is 5.69 Å². The first-order valence-corrected chi connectivity index (χ1v) is 20.4. The van der Waals surface area contributed by atoms with Crippen molar-refractivity contribution >= 4 is 5.78 Å². The number of aliphatic hydroxyl groups is 1. The van der Waals surface area contributed by atoms with Crippen LogP contribution in [-0.2, 0) is 23.2 Å². The molecule has 7 N–H and O–H groups in total. The molecule has 0 unspecified atom stereocenters. The fraction of sp³-hybridized carbons (Fsp3) is 0.354. The van der Waals surface area contributed by atoms with Crippen LogP contribution in [-0.4, -0.2) is 44.2 Å². The van der Waals surface area contributed by atoms with E-state index in [9.17, 15) is 30.3 Å². The molecule has 1 heterocycles. The van der Waals surface area contributed by atoms with Gasteiger partial charge in [-0.05, 0) is 102 Å². The maximum absolute atomic E-state index is 13.8. The molecule has 7 atom stereocenters. The number of aryl methyl sites for hydroxylation is 1. The van der Waals surface area contributed by atoms with Crippen LogP contribution in [0, 0.1) is 11.8 Å². The molecule has 10 heteroatoms. The highest BCUT2D eigenvalue weighted by Crippen LogP contribution is 2.68. The van der Waals surface area contributed by atoms with Gasteiger partial charge in [-0.25, -0.2) is 0 Å². The topological polar surface area (TPSA) is 177 Å². The van der Waals surface area contributed by atoms with E-state index in [4.69, 9.17) is 20.2 Å². The van der Waals surface area contributed by atoms with Gasteiger partial charge in [0.25, 0.3) is 0 Å². The first-order valence-electron chi connectivity index (χ1n) is 20.4. The molecule has 0 radical (unpaired) electrons. The first-order chi connectivity index (χ1) is 28.2. The molecular weight excluding hydrogens is 733 g/mol. The molecule has 1 fully saturated rings. The number of ketones is 1. The molecule has 5 aliphatic rings. The van der Waals surface area contributed by atoms with Gasteiger partial charge in [-0.3, -0.25) is 10.5 Å². The number of hydrogen-bond acceptors (Lipinski definition) is 9. The second-order valence-corrected chi connectivity index (χ2v) is 16.5. The number of fused-ring (bicyclic) bond motifs is 9. The fourth-order valence-corrected chi connectivity index (χ4v) is 11.2. The van der Waals surface area contributed by atoms with E-state index in [2.05, 4.69) is 42.5 Å². The van der Waals surface area contributed by atoms with Gasteiger partial charge in [0.1, 0.15) is 24.9 Å². The number of Topliss-reactive ketones (excluding diaryl/α,β-unsaturated/α-hetero) is 1. The molecule has 4 aromatic carbocycles. The average Bonchev–Trinajstić information content (AvgIpc) is 3.57. The Morgan fingerprint density at radius 3 is 2.60 bits per heavy atom. The Labute approximate surface area is 337 Å². The van der Waals surface area contributed by atoms with Crippen molar-refractivity contribution < 1.29 is 39.8 Å². The third kappa shape index (κ3) is 6.39. The number of carbonyl (C=O) groups is 1. The maximum Gasteiger partial charge on any atom is 0.200 e. The Morgan fingerprint density at radius 2 is 1.76 bits per heavy atom. The van der Waals surface area contributed by atoms with Gasteiger partial charge in [0, 0.05) is 35.7 Å². The SMILES string of the molecule is NCOc1cc(CCC(=O)C[C@H](O)[C@@H]2C=C[C@H]3C[C@@H]([C@]45CCCC[C@H]4c4cc[n-]c4-c4ccccc45)[C@@H]2c2cc(O)c(O)c(OCc4cccc(O)c4)c23)ccc1O. The number of ether oxygens (including phenoxy) is 2. The minimum atomic E-state index is -1.04. The number of phenols is 4. The van der Waals surface area contributed by atoms with Crippen molar-refractivity contribution in [2.45, 2.75) is 87.2 Å². The number of allylic oxidation sites excluding steroid dienone is 1. The molecule has 0 spiro atoms. The van der Waals surface area contributed by atoms with Crippen molar-refractivity contribution in [3.8, 4) is 45.8 Å². The second kappa shape index (κ2) is 15.2. The maximum atomic E-state index is 13.8. The summed E-state index contributed by atoms with van der Waals surface area (Å²) in [6.45, 7) is -0.0415. The Kier molecular flexibility index (Phi) is 9.94. The van der Waals surface area contributed by atoms with Crippen LogP contribution in [0.25, 0.3) is 11.3 Å². The van der Waals surface area contributed by atoms with Crippen molar-refractivity contribution in [3.63, 3.8) is 0 Å². The van der Waals surface area contributed by atoms with Crippen molar-refractivity contribution in [2.75, 3.05) is 6.73 Å². The number of aromatic hydroxyl groups is 4. The number of benzene rings is 4. The van der Waals surface area contributed by atoms with E-state index in [1.807, 2.05) is 12.3 Å². The van der Waals surface area contributed by atoms with Crippen LogP contribution >= 0.6 is 0 Å². The highest BCUT2D eigenvalue weighted by atomic mass is 16.5. The van der Waals surface area contributed by atoms with Gasteiger partial charge in [0.15, 0.2) is 23.0 Å². The molecule has 0 saturated heterocycles. The lowest BCUT2D eigenvalue weighted by Gasteiger charge is -2.58. The summed E-state index contributed by atoms with van der Waals surface area (Å²) in [4.78, 5) is 18.6. The minimum absolute atomic E-state index is 0.0231. The quantitative estimate of drug-likeness (QED) is 0.0414. The van der Waals surface area contributed by atoms with Crippen LogP contribution in [0.1, 0.15) is 96.1 Å². The van der Waals surface area contributed by atoms with E-state index >= 15 is 0 Å². The molecular formula is C48H49N2O8-. The Balaban J connectivity index is 1.12. The summed E-state index contributed by atoms with van der Waals surface area (Å²) in [7, 11) is 0. The standard InChI is InChI=1S/C48H49N2O8/c49-26-58-42-21-27(12-16-39(42)53)11-14-31(52)23-40(54)34-15-13-29-22-38(48-18-4-3-10-37(48)33-17-19-50-45(33)32-8-1-2-9-36(32)48)44(34)35-24-41(55)46(56)47(43(29)35)57-25-28-6-5-7-30(51)20-28/h1-2,5-9,12-13,15-17,19-21,24,29,34,37-38,40,44,51,53-56H,3-4,10-11,14,18,22-23,25-26,49H2/q-1/t29-,34-,37-,38+,40-,44-,48-/m0/s1. The summed E-state index contributed by atoms with van der Waals surface area (Å²) >= 11 is 0. The van der Waals surface area contributed by atoms with Crippen LogP contribution in [0.4, 0.5) is 0 Å². The largest absolute Gasteiger partial charge is 0.663 e. The lowest BCUT2D eigenvalue weighted by molar-refractivity contribution is -0.121. The number of nitrogens with two attached hydrogens (primary N) is 1. The average molecular weight is 782 g/mol. The number of aliphatic hydroxyl groups excluding tert-OH is 1.